The first-order chi connectivity index (χ1) is 7.11. The quantitative estimate of drug-likeness (QED) is 0.669. The Morgan fingerprint density at radius 3 is 2.20 bits per heavy atom. The summed E-state index contributed by atoms with van der Waals surface area (Å²) in [6, 6.07) is 5.68. The van der Waals surface area contributed by atoms with E-state index in [1.54, 1.807) is 6.07 Å². The summed E-state index contributed by atoms with van der Waals surface area (Å²) in [6.07, 6.45) is 2.12. The smallest absolute Gasteiger partial charge is 0.182 e. The Hall–Kier alpha value is -0.980. The summed E-state index contributed by atoms with van der Waals surface area (Å²) < 4.78 is 0. The molecule has 0 saturated carbocycles. The minimum Gasteiger partial charge on any atom is -0.290 e. The van der Waals surface area contributed by atoms with Crippen molar-refractivity contribution in [3.8, 4) is 5.75 Å². The maximum atomic E-state index is 11.9. The van der Waals surface area contributed by atoms with Crippen molar-refractivity contribution >= 4 is 0 Å². The lowest BCUT2D eigenvalue weighted by atomic mass is 9.86. The molecule has 0 aliphatic carbocycles. The van der Waals surface area contributed by atoms with Crippen LogP contribution < -0.4 is 0 Å². The number of rotatable bonds is 4. The molecule has 0 aromatic heterocycles. The average Bonchev–Trinajstić information content (AvgIpc) is 2.26. The van der Waals surface area contributed by atoms with E-state index in [0.717, 1.165) is 18.4 Å². The fourth-order valence-electron chi connectivity index (χ4n) is 1.94. The SMILES string of the molecule is CCC(C)c1cccc([O])c1C(C)CC. The second-order valence-corrected chi connectivity index (χ2v) is 4.38. The molecule has 0 saturated heterocycles. The molecule has 2 atom stereocenters. The summed E-state index contributed by atoms with van der Waals surface area (Å²) >= 11 is 0. The highest BCUT2D eigenvalue weighted by atomic mass is 16.3. The van der Waals surface area contributed by atoms with Crippen LogP contribution in [0.25, 0.3) is 0 Å². The summed E-state index contributed by atoms with van der Waals surface area (Å²) in [4.78, 5) is 0. The molecule has 1 rings (SSSR count). The van der Waals surface area contributed by atoms with E-state index in [-0.39, 0.29) is 5.75 Å². The Bertz CT molecular complexity index is 317. The summed E-state index contributed by atoms with van der Waals surface area (Å²) in [5.41, 5.74) is 2.29. The third-order valence-electron chi connectivity index (χ3n) is 3.35. The fourth-order valence-corrected chi connectivity index (χ4v) is 1.94. The van der Waals surface area contributed by atoms with Crippen molar-refractivity contribution < 1.29 is 5.11 Å². The zero-order chi connectivity index (χ0) is 11.4. The lowest BCUT2D eigenvalue weighted by Gasteiger charge is -2.19. The van der Waals surface area contributed by atoms with Crippen LogP contribution in [0.2, 0.25) is 0 Å². The molecule has 1 aromatic carbocycles. The molecule has 83 valence electrons. The molecule has 0 fully saturated rings. The van der Waals surface area contributed by atoms with Gasteiger partial charge in [0.2, 0.25) is 0 Å². The van der Waals surface area contributed by atoms with Gasteiger partial charge >= 0.3 is 0 Å². The topological polar surface area (TPSA) is 19.9 Å². The van der Waals surface area contributed by atoms with Gasteiger partial charge < -0.3 is 0 Å². The highest BCUT2D eigenvalue weighted by molar-refractivity contribution is 5.43. The van der Waals surface area contributed by atoms with E-state index in [4.69, 9.17) is 0 Å². The molecule has 0 aliphatic rings. The molecular formula is C14H21O. The molecule has 0 bridgehead atoms. The molecule has 0 amide bonds. The summed E-state index contributed by atoms with van der Waals surface area (Å²) in [7, 11) is 0. The third-order valence-corrected chi connectivity index (χ3v) is 3.35. The standard InChI is InChI=1S/C14H21O/c1-5-10(3)12-8-7-9-13(15)14(12)11(4)6-2/h7-11H,5-6H2,1-4H3. The van der Waals surface area contributed by atoms with Gasteiger partial charge in [0.25, 0.3) is 0 Å². The number of hydrogen-bond acceptors (Lipinski definition) is 0. The second-order valence-electron chi connectivity index (χ2n) is 4.38. The molecule has 0 heterocycles. The Kier molecular flexibility index (Phi) is 4.19. The van der Waals surface area contributed by atoms with Gasteiger partial charge in [-0.2, -0.15) is 0 Å². The predicted octanol–water partition coefficient (Wildman–Crippen LogP) is 4.86. The molecule has 15 heavy (non-hydrogen) atoms. The van der Waals surface area contributed by atoms with Crippen molar-refractivity contribution in [2.75, 3.05) is 0 Å². The van der Waals surface area contributed by atoms with E-state index in [9.17, 15) is 5.11 Å². The molecule has 0 N–H and O–H groups in total. The van der Waals surface area contributed by atoms with Crippen LogP contribution in [-0.4, -0.2) is 0 Å². The van der Waals surface area contributed by atoms with E-state index in [1.165, 1.54) is 5.56 Å². The van der Waals surface area contributed by atoms with E-state index in [1.807, 2.05) is 6.07 Å². The fraction of sp³-hybridized carbons (Fsp3) is 0.571. The zero-order valence-electron chi connectivity index (χ0n) is 10.2. The van der Waals surface area contributed by atoms with Gasteiger partial charge in [0.05, 0.1) is 0 Å². The minimum atomic E-state index is 0.210. The molecule has 0 spiro atoms. The van der Waals surface area contributed by atoms with E-state index < -0.39 is 0 Å². The Labute approximate surface area is 93.1 Å². The first-order valence-electron chi connectivity index (χ1n) is 5.91. The van der Waals surface area contributed by atoms with Gasteiger partial charge in [-0.3, -0.25) is 5.11 Å². The number of benzene rings is 1. The van der Waals surface area contributed by atoms with Crippen LogP contribution in [0.15, 0.2) is 18.2 Å². The Morgan fingerprint density at radius 2 is 1.67 bits per heavy atom. The van der Waals surface area contributed by atoms with Crippen molar-refractivity contribution in [3.63, 3.8) is 0 Å². The van der Waals surface area contributed by atoms with Crippen LogP contribution >= 0.6 is 0 Å². The van der Waals surface area contributed by atoms with Crippen molar-refractivity contribution in [2.24, 2.45) is 0 Å². The average molecular weight is 205 g/mol. The van der Waals surface area contributed by atoms with E-state index >= 15 is 0 Å². The first kappa shape index (κ1) is 12.1. The first-order valence-corrected chi connectivity index (χ1v) is 5.91. The van der Waals surface area contributed by atoms with Crippen molar-refractivity contribution in [2.45, 2.75) is 52.4 Å². The van der Waals surface area contributed by atoms with Gasteiger partial charge in [0, 0.05) is 5.56 Å². The van der Waals surface area contributed by atoms with Crippen molar-refractivity contribution in [3.05, 3.63) is 29.3 Å². The van der Waals surface area contributed by atoms with Gasteiger partial charge in [-0.1, -0.05) is 39.8 Å². The highest BCUT2D eigenvalue weighted by Gasteiger charge is 2.17. The molecule has 2 unspecified atom stereocenters. The third kappa shape index (κ3) is 2.53. The van der Waals surface area contributed by atoms with Gasteiger partial charge in [-0.15, -0.1) is 0 Å². The van der Waals surface area contributed by atoms with Crippen LogP contribution in [0, 0.1) is 0 Å². The zero-order valence-corrected chi connectivity index (χ0v) is 10.2. The highest BCUT2D eigenvalue weighted by Crippen LogP contribution is 2.36. The monoisotopic (exact) mass is 205 g/mol. The van der Waals surface area contributed by atoms with Crippen LogP contribution in [0.5, 0.6) is 5.75 Å². The molecule has 1 aromatic rings. The predicted molar refractivity (Wildman–Crippen MR) is 64.0 cm³/mol. The van der Waals surface area contributed by atoms with Gasteiger partial charge in [0.15, 0.2) is 5.75 Å². The van der Waals surface area contributed by atoms with Gasteiger partial charge in [-0.25, -0.2) is 0 Å². The summed E-state index contributed by atoms with van der Waals surface area (Å²) in [5, 5.41) is 11.9. The van der Waals surface area contributed by atoms with Crippen LogP contribution in [0.3, 0.4) is 0 Å². The normalized spacial score (nSPS) is 14.9. The second kappa shape index (κ2) is 5.20. The van der Waals surface area contributed by atoms with Gasteiger partial charge in [-0.05, 0) is 36.3 Å². The van der Waals surface area contributed by atoms with Crippen LogP contribution in [-0.2, 0) is 5.11 Å². The maximum absolute atomic E-state index is 11.9. The molecule has 0 aliphatic heterocycles. The Balaban J connectivity index is 3.19. The molecule has 1 radical (unpaired) electrons. The minimum absolute atomic E-state index is 0.210. The largest absolute Gasteiger partial charge is 0.290 e. The van der Waals surface area contributed by atoms with Crippen molar-refractivity contribution in [1.82, 2.24) is 0 Å². The maximum Gasteiger partial charge on any atom is 0.182 e. The summed E-state index contributed by atoms with van der Waals surface area (Å²) in [6.45, 7) is 8.64. The molecular weight excluding hydrogens is 184 g/mol. The number of hydrogen-bond donors (Lipinski definition) is 0. The van der Waals surface area contributed by atoms with Crippen molar-refractivity contribution in [1.29, 1.82) is 0 Å². The van der Waals surface area contributed by atoms with E-state index in [2.05, 4.69) is 33.8 Å². The molecule has 1 nitrogen and oxygen atoms in total. The van der Waals surface area contributed by atoms with Crippen LogP contribution in [0.1, 0.15) is 63.5 Å². The lowest BCUT2D eigenvalue weighted by molar-refractivity contribution is 0.345. The Morgan fingerprint density at radius 1 is 1.07 bits per heavy atom. The van der Waals surface area contributed by atoms with E-state index in [0.29, 0.717) is 11.8 Å². The molecule has 1 heteroatoms. The van der Waals surface area contributed by atoms with Gasteiger partial charge in [0.1, 0.15) is 0 Å². The summed E-state index contributed by atoms with van der Waals surface area (Å²) in [5.74, 6) is 1.08. The lowest BCUT2D eigenvalue weighted by Crippen LogP contribution is -2.02. The van der Waals surface area contributed by atoms with Crippen LogP contribution in [0.4, 0.5) is 0 Å².